The van der Waals surface area contributed by atoms with Gasteiger partial charge in [-0.1, -0.05) is 12.1 Å². The summed E-state index contributed by atoms with van der Waals surface area (Å²) in [6.45, 7) is -0.263. The van der Waals surface area contributed by atoms with Gasteiger partial charge < -0.3 is 18.9 Å². The van der Waals surface area contributed by atoms with E-state index in [-0.39, 0.29) is 18.2 Å². The topological polar surface area (TPSA) is 83.4 Å². The number of benzene rings is 2. The third-order valence-corrected chi connectivity index (χ3v) is 3.76. The molecule has 0 aliphatic carbocycles. The number of carbonyl (C=O) groups is 2. The van der Waals surface area contributed by atoms with Gasteiger partial charge >= 0.3 is 11.9 Å². The fourth-order valence-corrected chi connectivity index (χ4v) is 2.40. The van der Waals surface area contributed by atoms with Crippen LogP contribution in [0.1, 0.15) is 11.1 Å². The van der Waals surface area contributed by atoms with Gasteiger partial charge in [-0.15, -0.1) is 0 Å². The molecule has 2 aromatic carbocycles. The van der Waals surface area contributed by atoms with Crippen LogP contribution in [0, 0.1) is 5.82 Å². The molecule has 0 unspecified atom stereocenters. The Morgan fingerprint density at radius 3 is 2.71 bits per heavy atom. The van der Waals surface area contributed by atoms with Gasteiger partial charge in [0.1, 0.15) is 5.82 Å². The number of hydrogen-bond acceptors (Lipinski definition) is 7. The average molecular weight is 385 g/mol. The number of esters is 2. The highest BCUT2D eigenvalue weighted by molar-refractivity contribution is 6.12. The predicted octanol–water partition coefficient (Wildman–Crippen LogP) is 2.73. The Hall–Kier alpha value is -3.68. The second kappa shape index (κ2) is 8.34. The molecule has 144 valence electrons. The number of aliphatic imine (C=N–C) groups is 1. The lowest BCUT2D eigenvalue weighted by Crippen LogP contribution is -2.12. The number of cyclic esters (lactones) is 1. The van der Waals surface area contributed by atoms with Crippen LogP contribution in [0.2, 0.25) is 0 Å². The van der Waals surface area contributed by atoms with E-state index in [2.05, 4.69) is 9.73 Å². The molecule has 0 bridgehead atoms. The molecule has 7 nitrogen and oxygen atoms in total. The molecule has 0 fully saturated rings. The molecule has 0 N–H and O–H groups in total. The fraction of sp³-hybridized carbons (Fsp3) is 0.150. The van der Waals surface area contributed by atoms with Gasteiger partial charge in [-0.2, -0.15) is 0 Å². The van der Waals surface area contributed by atoms with Crippen molar-refractivity contribution >= 4 is 23.9 Å². The fourth-order valence-electron chi connectivity index (χ4n) is 2.40. The lowest BCUT2D eigenvalue weighted by Gasteiger charge is -2.10. The number of nitrogens with zero attached hydrogens (tertiary/aromatic N) is 1. The van der Waals surface area contributed by atoms with Gasteiger partial charge in [0.05, 0.1) is 14.2 Å². The largest absolute Gasteiger partial charge is 0.493 e. The first-order chi connectivity index (χ1) is 13.5. The van der Waals surface area contributed by atoms with Crippen LogP contribution in [0.3, 0.4) is 0 Å². The zero-order valence-corrected chi connectivity index (χ0v) is 15.1. The standard InChI is InChI=1S/C20H16FNO6/c1-25-17-9-12(6-7-16(17)27-11-18(23)26-2)8-15-20(24)28-19(22-15)13-4-3-5-14(21)10-13/h3-10H,11H2,1-2H3/b15-8-. The number of rotatable bonds is 6. The minimum absolute atomic E-state index is 0.0285. The monoisotopic (exact) mass is 385 g/mol. The van der Waals surface area contributed by atoms with Crippen molar-refractivity contribution in [2.75, 3.05) is 20.8 Å². The molecule has 0 saturated carbocycles. The van der Waals surface area contributed by atoms with Crippen molar-refractivity contribution in [3.63, 3.8) is 0 Å². The lowest BCUT2D eigenvalue weighted by atomic mass is 10.1. The first-order valence-corrected chi connectivity index (χ1v) is 8.16. The molecule has 0 radical (unpaired) electrons. The highest BCUT2D eigenvalue weighted by atomic mass is 19.1. The first kappa shape index (κ1) is 19.1. The summed E-state index contributed by atoms with van der Waals surface area (Å²) < 4.78 is 33.6. The quantitative estimate of drug-likeness (QED) is 0.562. The molecule has 0 amide bonds. The maximum absolute atomic E-state index is 13.4. The Balaban J connectivity index is 1.84. The average Bonchev–Trinajstić information content (AvgIpc) is 3.07. The molecule has 1 heterocycles. The maximum Gasteiger partial charge on any atom is 0.363 e. The van der Waals surface area contributed by atoms with Crippen LogP contribution in [0.15, 0.2) is 53.2 Å². The summed E-state index contributed by atoms with van der Waals surface area (Å²) in [5.41, 5.74) is 1.02. The molecular formula is C20H16FNO6. The van der Waals surface area contributed by atoms with E-state index in [9.17, 15) is 14.0 Å². The van der Waals surface area contributed by atoms with Crippen molar-refractivity contribution < 1.29 is 32.9 Å². The van der Waals surface area contributed by atoms with Gasteiger partial charge in [-0.3, -0.25) is 0 Å². The number of hydrogen-bond donors (Lipinski definition) is 0. The zero-order chi connectivity index (χ0) is 20.1. The van der Waals surface area contributed by atoms with Crippen LogP contribution in [0.25, 0.3) is 6.08 Å². The van der Waals surface area contributed by atoms with Gasteiger partial charge in [0, 0.05) is 5.56 Å². The first-order valence-electron chi connectivity index (χ1n) is 8.16. The molecule has 28 heavy (non-hydrogen) atoms. The molecule has 3 rings (SSSR count). The molecule has 0 atom stereocenters. The third-order valence-electron chi connectivity index (χ3n) is 3.76. The number of carbonyl (C=O) groups excluding carboxylic acids is 2. The third kappa shape index (κ3) is 4.35. The van der Waals surface area contributed by atoms with Crippen molar-refractivity contribution in [1.29, 1.82) is 0 Å². The van der Waals surface area contributed by atoms with Crippen LogP contribution in [0.5, 0.6) is 11.5 Å². The summed E-state index contributed by atoms with van der Waals surface area (Å²) in [7, 11) is 2.71. The number of methoxy groups -OCH3 is 2. The van der Waals surface area contributed by atoms with E-state index in [1.807, 2.05) is 0 Å². The van der Waals surface area contributed by atoms with Gasteiger partial charge in [-0.05, 0) is 42.0 Å². The molecule has 0 spiro atoms. The number of ether oxygens (including phenoxy) is 4. The van der Waals surface area contributed by atoms with E-state index in [4.69, 9.17) is 14.2 Å². The highest BCUT2D eigenvalue weighted by Gasteiger charge is 2.24. The van der Waals surface area contributed by atoms with Crippen molar-refractivity contribution in [1.82, 2.24) is 0 Å². The van der Waals surface area contributed by atoms with E-state index in [0.717, 1.165) is 0 Å². The van der Waals surface area contributed by atoms with Crippen molar-refractivity contribution in [2.45, 2.75) is 0 Å². The Kier molecular flexibility index (Phi) is 5.69. The van der Waals surface area contributed by atoms with Crippen molar-refractivity contribution in [3.05, 3.63) is 65.1 Å². The highest BCUT2D eigenvalue weighted by Crippen LogP contribution is 2.30. The van der Waals surface area contributed by atoms with Crippen molar-refractivity contribution in [3.8, 4) is 11.5 Å². The smallest absolute Gasteiger partial charge is 0.363 e. The minimum atomic E-state index is -0.649. The Morgan fingerprint density at radius 2 is 2.00 bits per heavy atom. The van der Waals surface area contributed by atoms with E-state index in [1.165, 1.54) is 38.5 Å². The summed E-state index contributed by atoms with van der Waals surface area (Å²) in [5.74, 6) is -0.904. The molecule has 0 aromatic heterocycles. The second-order valence-electron chi connectivity index (χ2n) is 5.62. The summed E-state index contributed by atoms with van der Waals surface area (Å²) in [4.78, 5) is 27.4. The normalized spacial score (nSPS) is 14.5. The molecule has 0 saturated heterocycles. The van der Waals surface area contributed by atoms with E-state index >= 15 is 0 Å². The van der Waals surface area contributed by atoms with Crippen LogP contribution >= 0.6 is 0 Å². The Bertz CT molecular complexity index is 982. The summed E-state index contributed by atoms with van der Waals surface area (Å²) >= 11 is 0. The molecular weight excluding hydrogens is 369 g/mol. The van der Waals surface area contributed by atoms with E-state index < -0.39 is 17.8 Å². The minimum Gasteiger partial charge on any atom is -0.493 e. The molecule has 2 aromatic rings. The van der Waals surface area contributed by atoms with Crippen LogP contribution in [-0.2, 0) is 19.1 Å². The van der Waals surface area contributed by atoms with Gasteiger partial charge in [0.2, 0.25) is 5.90 Å². The van der Waals surface area contributed by atoms with E-state index in [0.29, 0.717) is 22.6 Å². The summed E-state index contributed by atoms with van der Waals surface area (Å²) in [6.07, 6.45) is 1.50. The van der Waals surface area contributed by atoms with Gasteiger partial charge in [0.15, 0.2) is 23.8 Å². The Labute approximate surface area is 160 Å². The predicted molar refractivity (Wildman–Crippen MR) is 97.5 cm³/mol. The van der Waals surface area contributed by atoms with E-state index in [1.54, 1.807) is 24.3 Å². The van der Waals surface area contributed by atoms with Crippen LogP contribution in [0.4, 0.5) is 4.39 Å². The summed E-state index contributed by atoms with van der Waals surface area (Å²) in [5, 5.41) is 0. The lowest BCUT2D eigenvalue weighted by molar-refractivity contribution is -0.143. The van der Waals surface area contributed by atoms with Crippen molar-refractivity contribution in [2.24, 2.45) is 4.99 Å². The van der Waals surface area contributed by atoms with Crippen LogP contribution < -0.4 is 9.47 Å². The van der Waals surface area contributed by atoms with Crippen LogP contribution in [-0.4, -0.2) is 38.7 Å². The number of halogens is 1. The summed E-state index contributed by atoms with van der Waals surface area (Å²) in [6, 6.07) is 10.5. The molecule has 1 aliphatic rings. The maximum atomic E-state index is 13.4. The zero-order valence-electron chi connectivity index (χ0n) is 15.1. The molecule has 1 aliphatic heterocycles. The molecule has 8 heteroatoms. The SMILES string of the molecule is COC(=O)COc1ccc(/C=C2\N=C(c3cccc(F)c3)OC2=O)cc1OC. The van der Waals surface area contributed by atoms with Gasteiger partial charge in [0.25, 0.3) is 0 Å². The second-order valence-corrected chi connectivity index (χ2v) is 5.62. The van der Waals surface area contributed by atoms with Gasteiger partial charge in [-0.25, -0.2) is 19.0 Å². The Morgan fingerprint density at radius 1 is 1.18 bits per heavy atom.